The van der Waals surface area contributed by atoms with Crippen molar-refractivity contribution in [1.82, 2.24) is 29.3 Å². The van der Waals surface area contributed by atoms with Gasteiger partial charge in [0.2, 0.25) is 0 Å². The molecule has 0 saturated heterocycles. The minimum atomic E-state index is -0.645. The summed E-state index contributed by atoms with van der Waals surface area (Å²) in [5.41, 5.74) is 3.68. The molecule has 48 heavy (non-hydrogen) atoms. The molecule has 3 heterocycles. The van der Waals surface area contributed by atoms with Crippen molar-refractivity contribution < 1.29 is 19.4 Å². The maximum Gasteiger partial charge on any atom is 0.333 e. The van der Waals surface area contributed by atoms with Crippen molar-refractivity contribution in [2.75, 3.05) is 6.61 Å². The van der Waals surface area contributed by atoms with Gasteiger partial charge in [-0.05, 0) is 80.4 Å². The molecule has 246 valence electrons. The molecule has 3 aromatic carbocycles. The van der Waals surface area contributed by atoms with Gasteiger partial charge in [0.25, 0.3) is 11.8 Å². The lowest BCUT2D eigenvalue weighted by Crippen LogP contribution is -2.47. The van der Waals surface area contributed by atoms with Crippen molar-refractivity contribution in [1.29, 1.82) is 0 Å². The van der Waals surface area contributed by atoms with Gasteiger partial charge in [0.05, 0.1) is 24.0 Å². The number of aliphatic hydroxyl groups is 1. The number of amides is 2. The topological polar surface area (TPSA) is 132 Å². The number of hydrogen-bond donors (Lipinski definition) is 2. The third-order valence-electron chi connectivity index (χ3n) is 8.27. The van der Waals surface area contributed by atoms with E-state index in [4.69, 9.17) is 4.74 Å². The molecule has 0 bridgehead atoms. The number of halogens is 1. The Bertz CT molecular complexity index is 2020. The average Bonchev–Trinajstić information content (AvgIpc) is 3.38. The fraction of sp³-hybridized carbons (Fsp3) is 0.250. The summed E-state index contributed by atoms with van der Waals surface area (Å²) in [5, 5.41) is 12.6. The highest BCUT2D eigenvalue weighted by Crippen LogP contribution is 2.27. The first-order valence-corrected chi connectivity index (χ1v) is 16.4. The minimum absolute atomic E-state index is 0.0597. The van der Waals surface area contributed by atoms with Gasteiger partial charge in [0, 0.05) is 47.1 Å². The summed E-state index contributed by atoms with van der Waals surface area (Å²) in [6, 6.07) is 21.2. The van der Waals surface area contributed by atoms with E-state index in [9.17, 15) is 19.5 Å². The van der Waals surface area contributed by atoms with Crippen LogP contribution in [-0.2, 0) is 19.6 Å². The Kier molecular flexibility index (Phi) is 9.56. The van der Waals surface area contributed by atoms with Crippen molar-refractivity contribution in [3.63, 3.8) is 0 Å². The van der Waals surface area contributed by atoms with E-state index in [1.807, 2.05) is 50.2 Å². The van der Waals surface area contributed by atoms with Gasteiger partial charge in [-0.3, -0.25) is 18.7 Å². The molecule has 0 saturated carbocycles. The Morgan fingerprint density at radius 1 is 1.06 bits per heavy atom. The van der Waals surface area contributed by atoms with Crippen LogP contribution in [0.1, 0.15) is 51.5 Å². The van der Waals surface area contributed by atoms with Crippen molar-refractivity contribution in [2.45, 2.75) is 52.6 Å². The largest absolute Gasteiger partial charge is 0.491 e. The molecule has 12 heteroatoms. The lowest BCUT2D eigenvalue weighted by molar-refractivity contribution is 0.0610. The molecule has 0 aliphatic carbocycles. The smallest absolute Gasteiger partial charge is 0.333 e. The third-order valence-corrected chi connectivity index (χ3v) is 9.16. The summed E-state index contributed by atoms with van der Waals surface area (Å²) in [6.45, 7) is 5.98. The number of fused-ring (bicyclic) bond motifs is 1. The Morgan fingerprint density at radius 3 is 2.50 bits per heavy atom. The number of hydrogen-bond acceptors (Lipinski definition) is 7. The number of nitrogens with zero attached hydrogens (tertiary/aromatic N) is 5. The van der Waals surface area contributed by atoms with Crippen LogP contribution in [0, 0.1) is 6.92 Å². The highest BCUT2D eigenvalue weighted by Gasteiger charge is 2.35. The van der Waals surface area contributed by atoms with E-state index >= 15 is 0 Å². The SMILES string of the molecule is Cc1cc(C(=O)N2Cc3c(C(=O)NCc4ccccc4-c4ncccn4)n(-c4ccc(OC[C@H](C)O)cc4)c(=O)n3C[C@H]2C)ccc1Br. The van der Waals surface area contributed by atoms with Crippen molar-refractivity contribution >= 4 is 27.7 Å². The minimum Gasteiger partial charge on any atom is -0.491 e. The van der Waals surface area contributed by atoms with Gasteiger partial charge in [-0.2, -0.15) is 0 Å². The van der Waals surface area contributed by atoms with Crippen LogP contribution in [0.15, 0.2) is 94.5 Å². The first kappa shape index (κ1) is 32.9. The number of ether oxygens (including phenoxy) is 1. The summed E-state index contributed by atoms with van der Waals surface area (Å²) < 4.78 is 9.49. The summed E-state index contributed by atoms with van der Waals surface area (Å²) in [5.74, 6) is 0.384. The molecule has 0 unspecified atom stereocenters. The van der Waals surface area contributed by atoms with Crippen molar-refractivity contribution in [3.8, 4) is 22.8 Å². The van der Waals surface area contributed by atoms with E-state index in [2.05, 4.69) is 31.2 Å². The molecule has 0 spiro atoms. The second-order valence-corrected chi connectivity index (χ2v) is 12.7. The lowest BCUT2D eigenvalue weighted by atomic mass is 10.1. The van der Waals surface area contributed by atoms with Gasteiger partial charge in [0.1, 0.15) is 18.1 Å². The Labute approximate surface area is 286 Å². The molecular formula is C36H35BrN6O5. The fourth-order valence-electron chi connectivity index (χ4n) is 5.80. The zero-order valence-corrected chi connectivity index (χ0v) is 28.3. The predicted molar refractivity (Wildman–Crippen MR) is 184 cm³/mol. The number of carbonyl (C=O) groups is 2. The van der Waals surface area contributed by atoms with Crippen LogP contribution >= 0.6 is 15.9 Å². The number of aryl methyl sites for hydroxylation is 1. The predicted octanol–water partition coefficient (Wildman–Crippen LogP) is 4.90. The average molecular weight is 712 g/mol. The molecule has 2 atom stereocenters. The van der Waals surface area contributed by atoms with Crippen LogP contribution in [-0.4, -0.2) is 59.7 Å². The number of rotatable bonds is 9. The second-order valence-electron chi connectivity index (χ2n) is 11.8. The van der Waals surface area contributed by atoms with Crippen LogP contribution in [0.3, 0.4) is 0 Å². The highest BCUT2D eigenvalue weighted by atomic mass is 79.9. The maximum atomic E-state index is 14.2. The molecule has 2 amide bonds. The van der Waals surface area contributed by atoms with Crippen LogP contribution in [0.4, 0.5) is 0 Å². The molecule has 2 N–H and O–H groups in total. The summed E-state index contributed by atoms with van der Waals surface area (Å²) in [4.78, 5) is 52.6. The zero-order chi connectivity index (χ0) is 33.9. The second kappa shape index (κ2) is 14.0. The van der Waals surface area contributed by atoms with Crippen LogP contribution in [0.5, 0.6) is 5.75 Å². The van der Waals surface area contributed by atoms with E-state index in [0.29, 0.717) is 28.5 Å². The zero-order valence-electron chi connectivity index (χ0n) is 26.8. The maximum absolute atomic E-state index is 14.2. The molecular weight excluding hydrogens is 676 g/mol. The summed E-state index contributed by atoms with van der Waals surface area (Å²) in [6.07, 6.45) is 2.68. The standard InChI is InChI=1S/C36H35BrN6O5/c1-22-17-25(9-14-30(22)37)35(46)41-20-31-32(34(45)40-18-26-7-4-5-8-29(26)33-38-15-6-16-39-33)43(36(47)42(31)19-23(41)2)27-10-12-28(13-11-27)48-21-24(3)44/h4-17,23-24,44H,18-21H2,1-3H3,(H,40,45)/t23-,24+/m1/s1. The van der Waals surface area contributed by atoms with Crippen LogP contribution in [0.25, 0.3) is 17.1 Å². The lowest BCUT2D eigenvalue weighted by Gasteiger charge is -2.34. The first-order valence-electron chi connectivity index (χ1n) is 15.6. The number of nitrogens with one attached hydrogen (secondary N) is 1. The van der Waals surface area contributed by atoms with Gasteiger partial charge in [-0.25, -0.2) is 14.8 Å². The van der Waals surface area contributed by atoms with Gasteiger partial charge < -0.3 is 20.1 Å². The van der Waals surface area contributed by atoms with E-state index in [1.54, 1.807) is 65.2 Å². The molecule has 6 rings (SSSR count). The number of aromatic nitrogens is 4. The van der Waals surface area contributed by atoms with Crippen LogP contribution < -0.4 is 15.7 Å². The number of carbonyl (C=O) groups excluding carboxylic acids is 2. The fourth-order valence-corrected chi connectivity index (χ4v) is 6.05. The Hall–Kier alpha value is -5.07. The normalized spacial score (nSPS) is 14.7. The molecule has 0 fully saturated rings. The van der Waals surface area contributed by atoms with E-state index in [-0.39, 0.29) is 49.6 Å². The Balaban J connectivity index is 1.38. The van der Waals surface area contributed by atoms with Gasteiger partial charge in [-0.1, -0.05) is 40.2 Å². The summed E-state index contributed by atoms with van der Waals surface area (Å²) >= 11 is 3.50. The monoisotopic (exact) mass is 710 g/mol. The first-order chi connectivity index (χ1) is 23.1. The number of imidazole rings is 1. The molecule has 2 aromatic heterocycles. The number of aliphatic hydroxyl groups excluding tert-OH is 1. The highest BCUT2D eigenvalue weighted by molar-refractivity contribution is 9.10. The summed E-state index contributed by atoms with van der Waals surface area (Å²) in [7, 11) is 0. The van der Waals surface area contributed by atoms with Crippen molar-refractivity contribution in [2.24, 2.45) is 0 Å². The quantitative estimate of drug-likeness (QED) is 0.223. The van der Waals surface area contributed by atoms with E-state index in [1.165, 1.54) is 4.57 Å². The Morgan fingerprint density at radius 2 is 1.79 bits per heavy atom. The van der Waals surface area contributed by atoms with E-state index in [0.717, 1.165) is 21.2 Å². The van der Waals surface area contributed by atoms with Gasteiger partial charge in [0.15, 0.2) is 5.82 Å². The third kappa shape index (κ3) is 6.67. The molecule has 1 aliphatic rings. The van der Waals surface area contributed by atoms with Crippen LogP contribution in [0.2, 0.25) is 0 Å². The van der Waals surface area contributed by atoms with Crippen molar-refractivity contribution in [3.05, 3.63) is 128 Å². The number of benzene rings is 3. The molecule has 1 aliphatic heterocycles. The molecule has 11 nitrogen and oxygen atoms in total. The van der Waals surface area contributed by atoms with Gasteiger partial charge >= 0.3 is 5.69 Å². The molecule has 5 aromatic rings. The van der Waals surface area contributed by atoms with E-state index < -0.39 is 12.0 Å². The molecule has 0 radical (unpaired) electrons. The van der Waals surface area contributed by atoms with Gasteiger partial charge in [-0.15, -0.1) is 0 Å².